The molecule has 3 aromatic carbocycles. The second kappa shape index (κ2) is 8.88. The Kier molecular flexibility index (Phi) is 5.86. The van der Waals surface area contributed by atoms with Crippen LogP contribution in [0.1, 0.15) is 12.5 Å². The number of nitrogens with one attached hydrogen (secondary N) is 1. The van der Waals surface area contributed by atoms with Crippen LogP contribution >= 0.6 is 15.9 Å². The third-order valence-electron chi connectivity index (χ3n) is 4.55. The van der Waals surface area contributed by atoms with Gasteiger partial charge >= 0.3 is 0 Å². The number of phenols is 1. The number of phenolic OH excluding ortho intramolecular Hbond substituents is 1. The van der Waals surface area contributed by atoms with Gasteiger partial charge in [-0.1, -0.05) is 70.5 Å². The first-order chi connectivity index (χ1) is 14.6. The van der Waals surface area contributed by atoms with Crippen LogP contribution in [0.5, 0.6) is 5.75 Å². The average molecular weight is 459 g/mol. The van der Waals surface area contributed by atoms with Gasteiger partial charge in [0.25, 0.3) is 0 Å². The number of nitrogens with zero attached hydrogens (tertiary/aromatic N) is 3. The van der Waals surface area contributed by atoms with Gasteiger partial charge < -0.3 is 5.11 Å². The van der Waals surface area contributed by atoms with Crippen LogP contribution in [0.15, 0.2) is 94.5 Å². The van der Waals surface area contributed by atoms with E-state index in [0.717, 1.165) is 27.0 Å². The third-order valence-corrected chi connectivity index (χ3v) is 5.08. The zero-order valence-corrected chi connectivity index (χ0v) is 17.8. The molecule has 0 aliphatic carbocycles. The zero-order valence-electron chi connectivity index (χ0n) is 16.2. The van der Waals surface area contributed by atoms with Crippen LogP contribution in [-0.2, 0) is 0 Å². The van der Waals surface area contributed by atoms with Crippen molar-refractivity contribution in [1.29, 1.82) is 0 Å². The number of rotatable bonds is 5. The molecule has 0 saturated carbocycles. The highest BCUT2D eigenvalue weighted by molar-refractivity contribution is 9.10. The molecule has 0 spiro atoms. The fraction of sp³-hybridized carbons (Fsp3) is 0.0417. The van der Waals surface area contributed by atoms with E-state index in [1.807, 2.05) is 79.7 Å². The van der Waals surface area contributed by atoms with E-state index in [9.17, 15) is 5.11 Å². The highest BCUT2D eigenvalue weighted by Crippen LogP contribution is 2.26. The number of aromatic nitrogens is 2. The standard InChI is InChI=1S/C24H19BrN4O/c1-16(20-9-5-6-10-23(20)30)28-29-24-26-21(17-7-3-2-4-8-17)15-22(27-24)18-11-13-19(25)14-12-18/h2-15,30H,1H3,(H,26,27,29)/b28-16-. The van der Waals surface area contributed by atoms with Gasteiger partial charge in [-0.15, -0.1) is 0 Å². The lowest BCUT2D eigenvalue weighted by Gasteiger charge is -2.09. The lowest BCUT2D eigenvalue weighted by molar-refractivity contribution is 0.474. The Balaban J connectivity index is 1.73. The Bertz CT molecular complexity index is 1190. The van der Waals surface area contributed by atoms with Gasteiger partial charge in [-0.2, -0.15) is 5.10 Å². The van der Waals surface area contributed by atoms with Crippen molar-refractivity contribution >= 4 is 27.6 Å². The Morgan fingerprint density at radius 2 is 1.43 bits per heavy atom. The second-order valence-electron chi connectivity index (χ2n) is 6.66. The topological polar surface area (TPSA) is 70.4 Å². The summed E-state index contributed by atoms with van der Waals surface area (Å²) in [4.78, 5) is 9.27. The summed E-state index contributed by atoms with van der Waals surface area (Å²) < 4.78 is 1.00. The molecule has 0 aliphatic heterocycles. The lowest BCUT2D eigenvalue weighted by Crippen LogP contribution is -2.04. The molecular weight excluding hydrogens is 440 g/mol. The number of para-hydroxylation sites is 1. The number of hydrogen-bond donors (Lipinski definition) is 2. The fourth-order valence-electron chi connectivity index (χ4n) is 3.00. The molecule has 1 heterocycles. The largest absolute Gasteiger partial charge is 0.507 e. The Morgan fingerprint density at radius 1 is 0.833 bits per heavy atom. The molecule has 0 amide bonds. The van der Waals surface area contributed by atoms with E-state index in [4.69, 9.17) is 0 Å². The maximum absolute atomic E-state index is 10.0. The molecular formula is C24H19BrN4O. The minimum atomic E-state index is 0.176. The van der Waals surface area contributed by atoms with Gasteiger partial charge in [0.15, 0.2) is 0 Å². The third kappa shape index (κ3) is 4.55. The van der Waals surface area contributed by atoms with Gasteiger partial charge in [0, 0.05) is 21.2 Å². The average Bonchev–Trinajstić information content (AvgIpc) is 2.78. The molecule has 6 heteroatoms. The molecule has 0 fully saturated rings. The summed E-state index contributed by atoms with van der Waals surface area (Å²) >= 11 is 3.47. The molecule has 1 aromatic heterocycles. The highest BCUT2D eigenvalue weighted by Gasteiger charge is 2.09. The van der Waals surface area contributed by atoms with Crippen molar-refractivity contribution in [2.24, 2.45) is 5.10 Å². The van der Waals surface area contributed by atoms with Gasteiger partial charge in [0.05, 0.1) is 17.1 Å². The van der Waals surface area contributed by atoms with Crippen molar-refractivity contribution in [3.8, 4) is 28.3 Å². The molecule has 0 saturated heterocycles. The Labute approximate surface area is 183 Å². The van der Waals surface area contributed by atoms with Crippen LogP contribution in [0.3, 0.4) is 0 Å². The molecule has 0 bridgehead atoms. The smallest absolute Gasteiger partial charge is 0.244 e. The van der Waals surface area contributed by atoms with Crippen molar-refractivity contribution in [3.63, 3.8) is 0 Å². The van der Waals surface area contributed by atoms with Gasteiger partial charge in [0.1, 0.15) is 5.75 Å². The van der Waals surface area contributed by atoms with E-state index in [1.165, 1.54) is 0 Å². The molecule has 0 radical (unpaired) electrons. The first-order valence-electron chi connectivity index (χ1n) is 9.39. The lowest BCUT2D eigenvalue weighted by atomic mass is 10.1. The van der Waals surface area contributed by atoms with E-state index in [2.05, 4.69) is 36.4 Å². The van der Waals surface area contributed by atoms with Crippen molar-refractivity contribution in [1.82, 2.24) is 9.97 Å². The molecule has 5 nitrogen and oxygen atoms in total. The molecule has 4 aromatic rings. The van der Waals surface area contributed by atoms with Gasteiger partial charge in [0.2, 0.25) is 5.95 Å². The van der Waals surface area contributed by atoms with Crippen LogP contribution in [-0.4, -0.2) is 20.8 Å². The van der Waals surface area contributed by atoms with Crippen LogP contribution in [0.4, 0.5) is 5.95 Å². The van der Waals surface area contributed by atoms with Gasteiger partial charge in [-0.25, -0.2) is 15.4 Å². The molecule has 0 atom stereocenters. The van der Waals surface area contributed by atoms with Crippen LogP contribution < -0.4 is 5.43 Å². The second-order valence-corrected chi connectivity index (χ2v) is 7.58. The Hall–Kier alpha value is -3.51. The summed E-state index contributed by atoms with van der Waals surface area (Å²) in [6, 6.07) is 26.9. The highest BCUT2D eigenvalue weighted by atomic mass is 79.9. The van der Waals surface area contributed by atoms with E-state index >= 15 is 0 Å². The maximum Gasteiger partial charge on any atom is 0.244 e. The van der Waals surface area contributed by atoms with Crippen molar-refractivity contribution < 1.29 is 5.11 Å². The number of hydrogen-bond acceptors (Lipinski definition) is 5. The SMILES string of the molecule is C/C(=N/Nc1nc(-c2ccccc2)cc(-c2ccc(Br)cc2)n1)c1ccccc1O. The summed E-state index contributed by atoms with van der Waals surface area (Å²) in [7, 11) is 0. The van der Waals surface area contributed by atoms with Crippen LogP contribution in [0.25, 0.3) is 22.5 Å². The summed E-state index contributed by atoms with van der Waals surface area (Å²) in [6.07, 6.45) is 0. The molecule has 0 unspecified atom stereocenters. The number of hydrazone groups is 1. The minimum Gasteiger partial charge on any atom is -0.507 e. The number of aromatic hydroxyl groups is 1. The predicted octanol–water partition coefficient (Wildman–Crippen LogP) is 6.11. The maximum atomic E-state index is 10.0. The first-order valence-corrected chi connectivity index (χ1v) is 10.2. The summed E-state index contributed by atoms with van der Waals surface area (Å²) in [5.41, 5.74) is 7.77. The molecule has 148 valence electrons. The van der Waals surface area contributed by atoms with Gasteiger partial charge in [-0.05, 0) is 37.3 Å². The number of benzene rings is 3. The van der Waals surface area contributed by atoms with Gasteiger partial charge in [-0.3, -0.25) is 0 Å². The van der Waals surface area contributed by atoms with Crippen LogP contribution in [0, 0.1) is 0 Å². The predicted molar refractivity (Wildman–Crippen MR) is 125 cm³/mol. The molecule has 4 rings (SSSR count). The normalized spacial score (nSPS) is 11.3. The Morgan fingerprint density at radius 3 is 2.10 bits per heavy atom. The zero-order chi connectivity index (χ0) is 20.9. The minimum absolute atomic E-state index is 0.176. The van der Waals surface area contributed by atoms with Crippen LogP contribution in [0.2, 0.25) is 0 Å². The summed E-state index contributed by atoms with van der Waals surface area (Å²) in [6.45, 7) is 1.82. The van der Waals surface area contributed by atoms with Crippen molar-refractivity contribution in [2.75, 3.05) is 5.43 Å². The van der Waals surface area contributed by atoms with E-state index in [0.29, 0.717) is 17.2 Å². The fourth-order valence-corrected chi connectivity index (χ4v) is 3.26. The van der Waals surface area contributed by atoms with Crippen molar-refractivity contribution in [2.45, 2.75) is 6.92 Å². The molecule has 30 heavy (non-hydrogen) atoms. The summed E-state index contributed by atoms with van der Waals surface area (Å²) in [5, 5.41) is 14.4. The number of anilines is 1. The quantitative estimate of drug-likeness (QED) is 0.279. The summed E-state index contributed by atoms with van der Waals surface area (Å²) in [5.74, 6) is 0.555. The monoisotopic (exact) mass is 458 g/mol. The molecule has 2 N–H and O–H groups in total. The van der Waals surface area contributed by atoms with E-state index in [1.54, 1.807) is 12.1 Å². The number of halogens is 1. The van der Waals surface area contributed by atoms with E-state index < -0.39 is 0 Å². The van der Waals surface area contributed by atoms with Crippen molar-refractivity contribution in [3.05, 3.63) is 95.0 Å². The van der Waals surface area contributed by atoms with E-state index in [-0.39, 0.29) is 5.75 Å². The molecule has 0 aliphatic rings. The first kappa shape index (κ1) is 19.8.